The van der Waals surface area contributed by atoms with Gasteiger partial charge in [0.05, 0.1) is 0 Å². The van der Waals surface area contributed by atoms with Gasteiger partial charge in [0.25, 0.3) is 0 Å². The molecule has 0 fully saturated rings. The van der Waals surface area contributed by atoms with Crippen molar-refractivity contribution in [2.45, 2.75) is 31.4 Å². The molecule has 0 radical (unpaired) electrons. The number of urea groups is 2. The molecule has 0 bridgehead atoms. The van der Waals surface area contributed by atoms with Crippen molar-refractivity contribution in [3.63, 3.8) is 0 Å². The van der Waals surface area contributed by atoms with E-state index in [1.807, 2.05) is 54.6 Å². The number of anilines is 2. The maximum atomic E-state index is 11.2. The van der Waals surface area contributed by atoms with Crippen molar-refractivity contribution < 1.29 is 19.4 Å². The fourth-order valence-electron chi connectivity index (χ4n) is 3.89. The Bertz CT molecular complexity index is 1050. The Labute approximate surface area is 210 Å². The molecule has 4 amide bonds. The maximum Gasteiger partial charge on any atom is 0.316 e. The molecule has 0 aliphatic heterocycles. The van der Waals surface area contributed by atoms with Gasteiger partial charge in [0.15, 0.2) is 0 Å². The van der Waals surface area contributed by atoms with Gasteiger partial charge in [-0.15, -0.1) is 0 Å². The molecular weight excluding hydrogens is 458 g/mol. The third-order valence-corrected chi connectivity index (χ3v) is 5.64. The number of ether oxygens (including phenoxy) is 1. The number of hydrogen-bond acceptors (Lipinski definition) is 5. The summed E-state index contributed by atoms with van der Waals surface area (Å²) in [4.78, 5) is 22.3. The molecule has 3 rings (SSSR count). The van der Waals surface area contributed by atoms with Crippen LogP contribution in [0.15, 0.2) is 78.9 Å². The average molecular weight is 492 g/mol. The zero-order chi connectivity index (χ0) is 25.9. The van der Waals surface area contributed by atoms with Gasteiger partial charge in [-0.25, -0.2) is 9.59 Å². The van der Waals surface area contributed by atoms with E-state index < -0.39 is 18.2 Å². The van der Waals surface area contributed by atoms with Crippen LogP contribution in [-0.4, -0.2) is 42.5 Å². The van der Waals surface area contributed by atoms with Crippen molar-refractivity contribution in [2.24, 2.45) is 11.5 Å². The lowest BCUT2D eigenvalue weighted by Crippen LogP contribution is -2.37. The average Bonchev–Trinajstić information content (AvgIpc) is 2.86. The van der Waals surface area contributed by atoms with Gasteiger partial charge in [0.1, 0.15) is 18.5 Å². The van der Waals surface area contributed by atoms with Crippen molar-refractivity contribution in [3.05, 3.63) is 90.0 Å². The van der Waals surface area contributed by atoms with E-state index in [0.29, 0.717) is 23.7 Å². The maximum absolute atomic E-state index is 11.2. The minimum Gasteiger partial charge on any atom is -0.491 e. The number of amides is 4. The van der Waals surface area contributed by atoms with E-state index in [2.05, 4.69) is 22.9 Å². The standard InChI is InChI=1S/C27H33N5O4/c1-18(30-16-23(33)17-36-24-5-3-2-4-6-24)15-25(19-7-11-21(12-8-19)31-26(28)34)20-9-13-22(14-10-20)32-27(29)35/h2-14,18,23,25,30,33H,15-17H2,1H3,(H3,28,31,34)(H3,29,32,35)/t18?,23-/m0/s1. The SMILES string of the molecule is CC(CC(c1ccc(NC(N)=O)cc1)c1ccc(NC(N)=O)cc1)NC[C@H](O)COc1ccccc1. The number of rotatable bonds is 12. The van der Waals surface area contributed by atoms with Gasteiger partial charge in [0.2, 0.25) is 0 Å². The second-order valence-electron chi connectivity index (χ2n) is 8.60. The molecule has 0 saturated carbocycles. The molecule has 3 aromatic carbocycles. The lowest BCUT2D eigenvalue weighted by atomic mass is 9.86. The smallest absolute Gasteiger partial charge is 0.316 e. The monoisotopic (exact) mass is 491 g/mol. The second kappa shape index (κ2) is 13.1. The largest absolute Gasteiger partial charge is 0.491 e. The molecule has 190 valence electrons. The predicted octanol–water partition coefficient (Wildman–Crippen LogP) is 3.61. The third kappa shape index (κ3) is 8.61. The molecule has 3 aromatic rings. The Morgan fingerprint density at radius 2 is 1.33 bits per heavy atom. The Kier molecular flexibility index (Phi) is 9.67. The van der Waals surface area contributed by atoms with Crippen molar-refractivity contribution in [3.8, 4) is 5.75 Å². The number of benzene rings is 3. The molecule has 9 heteroatoms. The van der Waals surface area contributed by atoms with Crippen molar-refractivity contribution >= 4 is 23.4 Å². The van der Waals surface area contributed by atoms with E-state index in [1.54, 1.807) is 24.3 Å². The van der Waals surface area contributed by atoms with E-state index in [9.17, 15) is 14.7 Å². The zero-order valence-electron chi connectivity index (χ0n) is 20.2. The van der Waals surface area contributed by atoms with Crippen LogP contribution >= 0.6 is 0 Å². The summed E-state index contributed by atoms with van der Waals surface area (Å²) in [6.07, 6.45) is 0.0710. The number of nitrogens with two attached hydrogens (primary N) is 2. The number of primary amides is 2. The molecule has 0 aliphatic carbocycles. The molecule has 0 aliphatic rings. The minimum atomic E-state index is -0.663. The highest BCUT2D eigenvalue weighted by atomic mass is 16.5. The van der Waals surface area contributed by atoms with Crippen LogP contribution in [0.4, 0.5) is 21.0 Å². The molecule has 2 atom stereocenters. The van der Waals surface area contributed by atoms with Gasteiger partial charge in [0, 0.05) is 29.9 Å². The minimum absolute atomic E-state index is 0.00969. The second-order valence-corrected chi connectivity index (χ2v) is 8.60. The highest BCUT2D eigenvalue weighted by Crippen LogP contribution is 2.31. The molecule has 9 nitrogen and oxygen atoms in total. The number of aliphatic hydroxyl groups excluding tert-OH is 1. The van der Waals surface area contributed by atoms with Crippen LogP contribution in [0.2, 0.25) is 0 Å². The summed E-state index contributed by atoms with van der Waals surface area (Å²) in [7, 11) is 0. The number of hydrogen-bond donors (Lipinski definition) is 6. The lowest BCUT2D eigenvalue weighted by Gasteiger charge is -2.24. The van der Waals surface area contributed by atoms with E-state index in [-0.39, 0.29) is 18.6 Å². The van der Waals surface area contributed by atoms with E-state index in [0.717, 1.165) is 17.5 Å². The Hall–Kier alpha value is -4.08. The molecule has 1 unspecified atom stereocenters. The summed E-state index contributed by atoms with van der Waals surface area (Å²) < 4.78 is 5.63. The highest BCUT2D eigenvalue weighted by Gasteiger charge is 2.19. The summed E-state index contributed by atoms with van der Waals surface area (Å²) in [5.41, 5.74) is 13.7. The van der Waals surface area contributed by atoms with Crippen LogP contribution < -0.4 is 32.2 Å². The normalized spacial score (nSPS) is 12.5. The first-order valence-corrected chi connectivity index (χ1v) is 11.7. The Morgan fingerprint density at radius 1 is 0.833 bits per heavy atom. The number of carbonyl (C=O) groups excluding carboxylic acids is 2. The highest BCUT2D eigenvalue weighted by molar-refractivity contribution is 5.88. The van der Waals surface area contributed by atoms with E-state index in [1.165, 1.54) is 0 Å². The quantitative estimate of drug-likeness (QED) is 0.229. The van der Waals surface area contributed by atoms with Gasteiger partial charge in [-0.1, -0.05) is 42.5 Å². The zero-order valence-corrected chi connectivity index (χ0v) is 20.2. The van der Waals surface area contributed by atoms with Crippen LogP contribution in [0, 0.1) is 0 Å². The first kappa shape index (κ1) is 26.5. The molecule has 8 N–H and O–H groups in total. The Balaban J connectivity index is 1.66. The summed E-state index contributed by atoms with van der Waals surface area (Å²) >= 11 is 0. The van der Waals surface area contributed by atoms with Crippen molar-refractivity contribution in [1.29, 1.82) is 0 Å². The summed E-state index contributed by atoms with van der Waals surface area (Å²) in [5.74, 6) is 0.726. The predicted molar refractivity (Wildman–Crippen MR) is 141 cm³/mol. The van der Waals surface area contributed by atoms with Crippen LogP contribution in [0.3, 0.4) is 0 Å². The summed E-state index contributed by atoms with van der Waals surface area (Å²) in [5, 5.41) is 18.9. The Morgan fingerprint density at radius 3 is 1.81 bits per heavy atom. The lowest BCUT2D eigenvalue weighted by molar-refractivity contribution is 0.103. The van der Waals surface area contributed by atoms with Crippen molar-refractivity contribution in [2.75, 3.05) is 23.8 Å². The molecule has 36 heavy (non-hydrogen) atoms. The first-order chi connectivity index (χ1) is 17.3. The van der Waals surface area contributed by atoms with E-state index >= 15 is 0 Å². The topological polar surface area (TPSA) is 152 Å². The van der Waals surface area contributed by atoms with E-state index in [4.69, 9.17) is 16.2 Å². The van der Waals surface area contributed by atoms with Gasteiger partial charge in [-0.3, -0.25) is 0 Å². The van der Waals surface area contributed by atoms with Crippen LogP contribution in [0.1, 0.15) is 30.4 Å². The van der Waals surface area contributed by atoms with Gasteiger partial charge in [-0.05, 0) is 60.9 Å². The van der Waals surface area contributed by atoms with Gasteiger partial charge < -0.3 is 37.3 Å². The molecule has 0 aromatic heterocycles. The molecule has 0 spiro atoms. The fourth-order valence-corrected chi connectivity index (χ4v) is 3.89. The summed E-state index contributed by atoms with van der Waals surface area (Å²) in [6, 6.07) is 23.2. The third-order valence-electron chi connectivity index (χ3n) is 5.64. The number of para-hydroxylation sites is 1. The van der Waals surface area contributed by atoms with Crippen LogP contribution in [-0.2, 0) is 0 Å². The fraction of sp³-hybridized carbons (Fsp3) is 0.259. The van der Waals surface area contributed by atoms with Crippen LogP contribution in [0.5, 0.6) is 5.75 Å². The molecular formula is C27H33N5O4. The summed E-state index contributed by atoms with van der Waals surface area (Å²) in [6.45, 7) is 2.63. The molecule has 0 heterocycles. The number of nitrogens with one attached hydrogen (secondary N) is 3. The van der Waals surface area contributed by atoms with Crippen LogP contribution in [0.25, 0.3) is 0 Å². The van der Waals surface area contributed by atoms with Crippen molar-refractivity contribution in [1.82, 2.24) is 5.32 Å². The van der Waals surface area contributed by atoms with Gasteiger partial charge in [-0.2, -0.15) is 0 Å². The molecule has 0 saturated heterocycles. The number of carbonyl (C=O) groups is 2. The first-order valence-electron chi connectivity index (χ1n) is 11.7. The van der Waals surface area contributed by atoms with Gasteiger partial charge >= 0.3 is 12.1 Å². The number of aliphatic hydroxyl groups is 1.